The zero-order valence-electron chi connectivity index (χ0n) is 14.5. The van der Waals surface area contributed by atoms with Gasteiger partial charge in [-0.15, -0.1) is 0 Å². The fourth-order valence-electron chi connectivity index (χ4n) is 2.97. The zero-order valence-corrected chi connectivity index (χ0v) is 14.5. The van der Waals surface area contributed by atoms with E-state index in [4.69, 9.17) is 4.42 Å². The minimum Gasteiger partial charge on any atom is -0.465 e. The van der Waals surface area contributed by atoms with Crippen molar-refractivity contribution in [3.63, 3.8) is 0 Å². The lowest BCUT2D eigenvalue weighted by atomic mass is 10.1. The van der Waals surface area contributed by atoms with Crippen molar-refractivity contribution >= 4 is 0 Å². The van der Waals surface area contributed by atoms with Gasteiger partial charge in [-0.1, -0.05) is 12.8 Å². The second kappa shape index (κ2) is 6.97. The van der Waals surface area contributed by atoms with E-state index in [-0.39, 0.29) is 5.54 Å². The Labute approximate surface area is 130 Å². The molecule has 2 rings (SSSR count). The molecule has 1 fully saturated rings. The van der Waals surface area contributed by atoms with Crippen LogP contribution in [0.5, 0.6) is 0 Å². The first-order valence-corrected chi connectivity index (χ1v) is 8.42. The van der Waals surface area contributed by atoms with Gasteiger partial charge < -0.3 is 9.73 Å². The molecule has 120 valence electrons. The summed E-state index contributed by atoms with van der Waals surface area (Å²) in [5.74, 6) is 2.18. The number of nitrogens with one attached hydrogen (secondary N) is 1. The van der Waals surface area contributed by atoms with Crippen LogP contribution in [0.3, 0.4) is 0 Å². The van der Waals surface area contributed by atoms with Gasteiger partial charge in [-0.05, 0) is 60.1 Å². The van der Waals surface area contributed by atoms with Crippen LogP contribution in [0, 0.1) is 6.92 Å². The molecule has 0 bridgehead atoms. The summed E-state index contributed by atoms with van der Waals surface area (Å²) in [5.41, 5.74) is 1.44. The van der Waals surface area contributed by atoms with Gasteiger partial charge in [0.1, 0.15) is 11.5 Å². The molecule has 0 saturated carbocycles. The molecule has 21 heavy (non-hydrogen) atoms. The Morgan fingerprint density at radius 3 is 2.76 bits per heavy atom. The van der Waals surface area contributed by atoms with E-state index in [9.17, 15) is 0 Å². The molecule has 0 radical (unpaired) electrons. The Morgan fingerprint density at radius 2 is 2.05 bits per heavy atom. The van der Waals surface area contributed by atoms with Crippen molar-refractivity contribution in [3.8, 4) is 0 Å². The predicted octanol–water partition coefficient (Wildman–Crippen LogP) is 4.24. The number of hydrogen-bond acceptors (Lipinski definition) is 3. The molecule has 1 unspecified atom stereocenters. The van der Waals surface area contributed by atoms with Crippen LogP contribution < -0.4 is 5.32 Å². The molecule has 1 atom stereocenters. The lowest BCUT2D eigenvalue weighted by Crippen LogP contribution is -2.35. The maximum atomic E-state index is 5.99. The van der Waals surface area contributed by atoms with Crippen LogP contribution in [0.15, 0.2) is 10.5 Å². The van der Waals surface area contributed by atoms with Crippen LogP contribution in [0.2, 0.25) is 0 Å². The van der Waals surface area contributed by atoms with E-state index in [2.05, 4.69) is 50.9 Å². The Balaban J connectivity index is 1.97. The summed E-state index contributed by atoms with van der Waals surface area (Å²) in [6, 6.07) is 2.92. The van der Waals surface area contributed by atoms with Crippen LogP contribution in [-0.2, 0) is 13.1 Å². The molecule has 0 amide bonds. The minimum atomic E-state index is 0.142. The highest BCUT2D eigenvalue weighted by Gasteiger charge is 2.19. The molecular weight excluding hydrogens is 260 g/mol. The second-order valence-corrected chi connectivity index (χ2v) is 7.57. The third-order valence-electron chi connectivity index (χ3n) is 4.43. The fraction of sp³-hybridized carbons (Fsp3) is 0.778. The van der Waals surface area contributed by atoms with E-state index in [1.807, 2.05) is 0 Å². The van der Waals surface area contributed by atoms with Crippen molar-refractivity contribution in [1.82, 2.24) is 10.2 Å². The lowest BCUT2D eigenvalue weighted by molar-refractivity contribution is 0.188. The molecule has 0 spiro atoms. The Kier molecular flexibility index (Phi) is 5.50. The van der Waals surface area contributed by atoms with Gasteiger partial charge in [-0.25, -0.2) is 0 Å². The summed E-state index contributed by atoms with van der Waals surface area (Å²) in [5, 5.41) is 3.54. The van der Waals surface area contributed by atoms with Gasteiger partial charge in [0.05, 0.1) is 6.54 Å². The molecule has 3 heteroatoms. The minimum absolute atomic E-state index is 0.142. The Hall–Kier alpha value is -0.800. The number of rotatable bonds is 4. The normalized spacial score (nSPS) is 21.5. The second-order valence-electron chi connectivity index (χ2n) is 7.57. The average molecular weight is 292 g/mol. The van der Waals surface area contributed by atoms with Crippen LogP contribution in [0.25, 0.3) is 0 Å². The third-order valence-corrected chi connectivity index (χ3v) is 4.43. The van der Waals surface area contributed by atoms with Gasteiger partial charge in [0.25, 0.3) is 0 Å². The molecular formula is C18H32N2O. The standard InChI is InChI=1S/C18H32N2O/c1-14-9-7-6-8-10-20(14)13-17-11-16(15(2)21-17)12-19-18(3,4)5/h11,14,19H,6-10,12-13H2,1-5H3. The summed E-state index contributed by atoms with van der Waals surface area (Å²) in [7, 11) is 0. The van der Waals surface area contributed by atoms with Gasteiger partial charge in [-0.3, -0.25) is 4.90 Å². The summed E-state index contributed by atoms with van der Waals surface area (Å²) in [6.45, 7) is 14.1. The van der Waals surface area contributed by atoms with E-state index in [0.717, 1.165) is 24.6 Å². The highest BCUT2D eigenvalue weighted by molar-refractivity contribution is 5.21. The molecule has 1 aliphatic rings. The van der Waals surface area contributed by atoms with E-state index in [1.165, 1.54) is 37.8 Å². The smallest absolute Gasteiger partial charge is 0.118 e. The quantitative estimate of drug-likeness (QED) is 0.899. The number of aryl methyl sites for hydroxylation is 1. The van der Waals surface area contributed by atoms with E-state index in [0.29, 0.717) is 6.04 Å². The predicted molar refractivity (Wildman–Crippen MR) is 88.4 cm³/mol. The van der Waals surface area contributed by atoms with Gasteiger partial charge in [0.15, 0.2) is 0 Å². The highest BCUT2D eigenvalue weighted by atomic mass is 16.3. The van der Waals surface area contributed by atoms with E-state index in [1.54, 1.807) is 0 Å². The van der Waals surface area contributed by atoms with E-state index >= 15 is 0 Å². The molecule has 0 aliphatic carbocycles. The summed E-state index contributed by atoms with van der Waals surface area (Å²) in [4.78, 5) is 2.58. The number of furan rings is 1. The third kappa shape index (κ3) is 5.15. The first kappa shape index (κ1) is 16.6. The average Bonchev–Trinajstić information content (AvgIpc) is 2.60. The summed E-state index contributed by atoms with van der Waals surface area (Å²) in [6.07, 6.45) is 5.38. The van der Waals surface area contributed by atoms with Crippen molar-refractivity contribution in [1.29, 1.82) is 0 Å². The van der Waals surface area contributed by atoms with Crippen LogP contribution in [0.1, 0.15) is 70.5 Å². The molecule has 3 nitrogen and oxygen atoms in total. The molecule has 0 aromatic carbocycles. The summed E-state index contributed by atoms with van der Waals surface area (Å²) < 4.78 is 5.99. The Morgan fingerprint density at radius 1 is 1.29 bits per heavy atom. The number of likely N-dealkylation sites (tertiary alicyclic amines) is 1. The zero-order chi connectivity index (χ0) is 15.5. The van der Waals surface area contributed by atoms with Gasteiger partial charge in [-0.2, -0.15) is 0 Å². The maximum absolute atomic E-state index is 5.99. The van der Waals surface area contributed by atoms with Crippen molar-refractivity contribution in [2.75, 3.05) is 6.54 Å². The molecule has 1 aliphatic heterocycles. The number of nitrogens with zero attached hydrogens (tertiary/aromatic N) is 1. The van der Waals surface area contributed by atoms with Gasteiger partial charge >= 0.3 is 0 Å². The molecule has 1 saturated heterocycles. The van der Waals surface area contributed by atoms with Crippen molar-refractivity contribution in [3.05, 3.63) is 23.2 Å². The van der Waals surface area contributed by atoms with Crippen LogP contribution in [0.4, 0.5) is 0 Å². The fourth-order valence-corrected chi connectivity index (χ4v) is 2.97. The topological polar surface area (TPSA) is 28.4 Å². The van der Waals surface area contributed by atoms with Gasteiger partial charge in [0, 0.05) is 23.7 Å². The van der Waals surface area contributed by atoms with Crippen LogP contribution >= 0.6 is 0 Å². The lowest BCUT2D eigenvalue weighted by Gasteiger charge is -2.25. The largest absolute Gasteiger partial charge is 0.465 e. The van der Waals surface area contributed by atoms with E-state index < -0.39 is 0 Å². The van der Waals surface area contributed by atoms with Gasteiger partial charge in [0.2, 0.25) is 0 Å². The van der Waals surface area contributed by atoms with Crippen molar-refractivity contribution < 1.29 is 4.42 Å². The van der Waals surface area contributed by atoms with Crippen molar-refractivity contribution in [2.24, 2.45) is 0 Å². The highest BCUT2D eigenvalue weighted by Crippen LogP contribution is 2.22. The van der Waals surface area contributed by atoms with Crippen LogP contribution in [-0.4, -0.2) is 23.0 Å². The SMILES string of the molecule is Cc1oc(CN2CCCCCC2C)cc1CNC(C)(C)C. The first-order chi connectivity index (χ1) is 9.85. The van der Waals surface area contributed by atoms with Crippen molar-refractivity contribution in [2.45, 2.75) is 85.0 Å². The Bertz CT molecular complexity index is 445. The first-order valence-electron chi connectivity index (χ1n) is 8.42. The number of hydrogen-bond donors (Lipinski definition) is 1. The molecule has 1 aromatic heterocycles. The monoisotopic (exact) mass is 292 g/mol. The molecule has 1 aromatic rings. The maximum Gasteiger partial charge on any atom is 0.118 e. The summed E-state index contributed by atoms with van der Waals surface area (Å²) >= 11 is 0. The molecule has 2 heterocycles. The molecule has 1 N–H and O–H groups in total.